The second kappa shape index (κ2) is 5.71. The Labute approximate surface area is 122 Å². The van der Waals surface area contributed by atoms with Gasteiger partial charge in [0.05, 0.1) is 14.2 Å². The van der Waals surface area contributed by atoms with Crippen molar-refractivity contribution in [1.29, 1.82) is 0 Å². The molecule has 0 aliphatic rings. The Morgan fingerprint density at radius 2 is 2.22 bits per heavy atom. The fraction of sp³-hybridized carbons (Fsp3) is 0.0833. The van der Waals surface area contributed by atoms with Gasteiger partial charge in [0.25, 0.3) is 0 Å². The first kappa shape index (κ1) is 13.4. The van der Waals surface area contributed by atoms with E-state index in [2.05, 4.69) is 4.98 Å². The van der Waals surface area contributed by atoms with Gasteiger partial charge in [0.15, 0.2) is 0 Å². The number of aromatic nitrogens is 1. The number of pyridine rings is 1. The number of halogens is 3. The van der Waals surface area contributed by atoms with Gasteiger partial charge in [-0.25, -0.2) is 9.37 Å². The molecule has 0 bridgehead atoms. The summed E-state index contributed by atoms with van der Waals surface area (Å²) in [6.45, 7) is 0.112. The van der Waals surface area contributed by atoms with E-state index in [-0.39, 0.29) is 17.5 Å². The van der Waals surface area contributed by atoms with Crippen LogP contribution >= 0.6 is 34.2 Å². The van der Waals surface area contributed by atoms with Gasteiger partial charge in [-0.15, -0.1) is 0 Å². The molecular formula is C12H8ClFINO2. The lowest BCUT2D eigenvalue weighted by molar-refractivity contribution is 0.296. The van der Waals surface area contributed by atoms with Crippen LogP contribution in [0.1, 0.15) is 5.56 Å². The molecule has 0 spiro atoms. The standard InChI is InChI=1S/C12H8ClFINO2/c13-8-4-9(14)10(15)5-11(8)18-6-7-2-1-3-16-12(7)17/h1-5H,6H2,(H,16,17). The minimum Gasteiger partial charge on any atom is -0.493 e. The number of rotatable bonds is 3. The lowest BCUT2D eigenvalue weighted by Crippen LogP contribution is -1.98. The van der Waals surface area contributed by atoms with Crippen molar-refractivity contribution < 1.29 is 14.2 Å². The molecule has 0 saturated carbocycles. The van der Waals surface area contributed by atoms with Crippen LogP contribution in [0.15, 0.2) is 30.5 Å². The topological polar surface area (TPSA) is 42.4 Å². The fourth-order valence-corrected chi connectivity index (χ4v) is 1.96. The monoisotopic (exact) mass is 379 g/mol. The molecule has 6 heteroatoms. The summed E-state index contributed by atoms with van der Waals surface area (Å²) >= 11 is 7.71. The molecule has 0 radical (unpaired) electrons. The Kier molecular flexibility index (Phi) is 4.23. The minimum absolute atomic E-state index is 0.0922. The minimum atomic E-state index is -0.392. The van der Waals surface area contributed by atoms with Crippen LogP contribution in [0.3, 0.4) is 0 Å². The lowest BCUT2D eigenvalue weighted by Gasteiger charge is -2.09. The summed E-state index contributed by atoms with van der Waals surface area (Å²) in [6, 6.07) is 6.08. The Hall–Kier alpha value is -1.08. The van der Waals surface area contributed by atoms with Gasteiger partial charge in [-0.05, 0) is 46.9 Å². The van der Waals surface area contributed by atoms with Crippen LogP contribution < -0.4 is 4.74 Å². The van der Waals surface area contributed by atoms with Crippen LogP contribution in [0.5, 0.6) is 11.6 Å². The van der Waals surface area contributed by atoms with Crippen LogP contribution in [0.25, 0.3) is 0 Å². The zero-order valence-corrected chi connectivity index (χ0v) is 11.9. The van der Waals surface area contributed by atoms with E-state index in [1.165, 1.54) is 18.3 Å². The van der Waals surface area contributed by atoms with Crippen LogP contribution in [-0.4, -0.2) is 10.1 Å². The van der Waals surface area contributed by atoms with Crippen molar-refractivity contribution in [3.05, 3.63) is 50.4 Å². The molecule has 2 aromatic rings. The Morgan fingerprint density at radius 1 is 1.44 bits per heavy atom. The van der Waals surface area contributed by atoms with E-state index in [9.17, 15) is 9.50 Å². The highest BCUT2D eigenvalue weighted by Gasteiger charge is 2.09. The average Bonchev–Trinajstić information content (AvgIpc) is 2.34. The first-order valence-corrected chi connectivity index (χ1v) is 6.44. The predicted molar refractivity (Wildman–Crippen MR) is 74.4 cm³/mol. The fourth-order valence-electron chi connectivity index (χ4n) is 1.31. The SMILES string of the molecule is Oc1ncccc1COc1cc(I)c(F)cc1Cl. The highest BCUT2D eigenvalue weighted by Crippen LogP contribution is 2.29. The number of hydrogen-bond acceptors (Lipinski definition) is 3. The van der Waals surface area contributed by atoms with Crippen molar-refractivity contribution >= 4 is 34.2 Å². The van der Waals surface area contributed by atoms with E-state index in [1.807, 2.05) is 22.6 Å². The van der Waals surface area contributed by atoms with Gasteiger partial charge < -0.3 is 9.84 Å². The van der Waals surface area contributed by atoms with Gasteiger partial charge in [-0.2, -0.15) is 0 Å². The van der Waals surface area contributed by atoms with Crippen molar-refractivity contribution in [3.8, 4) is 11.6 Å². The summed E-state index contributed by atoms with van der Waals surface area (Å²) in [6.07, 6.45) is 1.48. The molecule has 1 aromatic carbocycles. The first-order valence-electron chi connectivity index (χ1n) is 4.98. The van der Waals surface area contributed by atoms with Crippen molar-refractivity contribution in [1.82, 2.24) is 4.98 Å². The maximum Gasteiger partial charge on any atom is 0.217 e. The van der Waals surface area contributed by atoms with E-state index >= 15 is 0 Å². The molecule has 0 unspecified atom stereocenters. The van der Waals surface area contributed by atoms with Crippen LogP contribution in [0, 0.1) is 9.39 Å². The average molecular weight is 380 g/mol. The molecule has 2 rings (SSSR count). The zero-order valence-electron chi connectivity index (χ0n) is 9.03. The summed E-state index contributed by atoms with van der Waals surface area (Å²) in [4.78, 5) is 3.73. The third kappa shape index (κ3) is 3.02. The van der Waals surface area contributed by atoms with E-state index in [1.54, 1.807) is 12.1 Å². The molecule has 0 amide bonds. The third-order valence-electron chi connectivity index (χ3n) is 2.23. The molecule has 0 atom stereocenters. The van der Waals surface area contributed by atoms with Gasteiger partial charge >= 0.3 is 0 Å². The normalized spacial score (nSPS) is 10.4. The van der Waals surface area contributed by atoms with Crippen molar-refractivity contribution in [2.75, 3.05) is 0 Å². The Bertz CT molecular complexity index is 580. The molecule has 1 N–H and O–H groups in total. The van der Waals surface area contributed by atoms with E-state index < -0.39 is 5.82 Å². The maximum atomic E-state index is 13.2. The second-order valence-corrected chi connectivity index (χ2v) is 5.04. The molecule has 18 heavy (non-hydrogen) atoms. The smallest absolute Gasteiger partial charge is 0.217 e. The predicted octanol–water partition coefficient (Wildman–Crippen LogP) is 3.76. The largest absolute Gasteiger partial charge is 0.493 e. The quantitative estimate of drug-likeness (QED) is 0.652. The van der Waals surface area contributed by atoms with Gasteiger partial charge in [0.1, 0.15) is 18.2 Å². The van der Waals surface area contributed by atoms with Gasteiger partial charge in [0, 0.05) is 6.20 Å². The molecule has 1 heterocycles. The lowest BCUT2D eigenvalue weighted by atomic mass is 10.3. The van der Waals surface area contributed by atoms with Crippen molar-refractivity contribution in [3.63, 3.8) is 0 Å². The molecule has 0 aliphatic heterocycles. The molecule has 1 aromatic heterocycles. The summed E-state index contributed by atoms with van der Waals surface area (Å²) in [7, 11) is 0. The highest BCUT2D eigenvalue weighted by atomic mass is 127. The molecule has 0 aliphatic carbocycles. The molecular weight excluding hydrogens is 371 g/mol. The van der Waals surface area contributed by atoms with E-state index in [0.717, 1.165) is 0 Å². The van der Waals surface area contributed by atoms with Crippen molar-refractivity contribution in [2.45, 2.75) is 6.61 Å². The first-order chi connectivity index (χ1) is 8.58. The molecule has 0 fully saturated rings. The number of benzene rings is 1. The zero-order chi connectivity index (χ0) is 13.1. The van der Waals surface area contributed by atoms with Gasteiger partial charge in [-0.3, -0.25) is 0 Å². The van der Waals surface area contributed by atoms with E-state index in [4.69, 9.17) is 16.3 Å². The Morgan fingerprint density at radius 3 is 2.94 bits per heavy atom. The second-order valence-electron chi connectivity index (χ2n) is 3.47. The summed E-state index contributed by atoms with van der Waals surface area (Å²) < 4.78 is 19.0. The molecule has 3 nitrogen and oxygen atoms in total. The maximum absolute atomic E-state index is 13.2. The highest BCUT2D eigenvalue weighted by molar-refractivity contribution is 14.1. The number of ether oxygens (including phenoxy) is 1. The molecule has 0 saturated heterocycles. The number of aromatic hydroxyl groups is 1. The third-order valence-corrected chi connectivity index (χ3v) is 3.35. The molecule has 94 valence electrons. The van der Waals surface area contributed by atoms with Gasteiger partial charge in [0.2, 0.25) is 5.88 Å². The van der Waals surface area contributed by atoms with Gasteiger partial charge in [-0.1, -0.05) is 11.6 Å². The van der Waals surface area contributed by atoms with Crippen LogP contribution in [0.2, 0.25) is 5.02 Å². The number of nitrogens with zero attached hydrogens (tertiary/aromatic N) is 1. The van der Waals surface area contributed by atoms with Crippen LogP contribution in [0.4, 0.5) is 4.39 Å². The van der Waals surface area contributed by atoms with E-state index in [0.29, 0.717) is 14.9 Å². The summed E-state index contributed by atoms with van der Waals surface area (Å²) in [5.41, 5.74) is 0.535. The number of hydrogen-bond donors (Lipinski definition) is 1. The Balaban J connectivity index is 2.16. The summed E-state index contributed by atoms with van der Waals surface area (Å²) in [5.74, 6) is -0.117. The summed E-state index contributed by atoms with van der Waals surface area (Å²) in [5, 5.41) is 9.66. The van der Waals surface area contributed by atoms with Crippen LogP contribution in [-0.2, 0) is 6.61 Å². The van der Waals surface area contributed by atoms with Crippen molar-refractivity contribution in [2.24, 2.45) is 0 Å².